The third kappa shape index (κ3) is 4.47. The van der Waals surface area contributed by atoms with E-state index in [1.54, 1.807) is 11.8 Å². The third-order valence-corrected chi connectivity index (χ3v) is 4.66. The summed E-state index contributed by atoms with van der Waals surface area (Å²) >= 11 is 1.61. The van der Waals surface area contributed by atoms with Gasteiger partial charge in [0, 0.05) is 10.5 Å². The zero-order chi connectivity index (χ0) is 15.2. The van der Waals surface area contributed by atoms with Crippen molar-refractivity contribution in [3.8, 4) is 0 Å². The molecule has 0 fully saturated rings. The van der Waals surface area contributed by atoms with Crippen molar-refractivity contribution in [1.82, 2.24) is 0 Å². The molecule has 0 aliphatic rings. The van der Waals surface area contributed by atoms with Gasteiger partial charge in [-0.3, -0.25) is 4.79 Å². The highest BCUT2D eigenvalue weighted by atomic mass is 32.2. The lowest BCUT2D eigenvalue weighted by atomic mass is 10.1. The van der Waals surface area contributed by atoms with Crippen LogP contribution in [-0.2, 0) is 6.42 Å². The Balaban J connectivity index is 1.96. The summed E-state index contributed by atoms with van der Waals surface area (Å²) in [6, 6.07) is 14.4. The van der Waals surface area contributed by atoms with Gasteiger partial charge in [0.2, 0.25) is 0 Å². The molecule has 2 heteroatoms. The predicted molar refractivity (Wildman–Crippen MR) is 91.4 cm³/mol. The zero-order valence-electron chi connectivity index (χ0n) is 13.0. The molecule has 2 aromatic carbocycles. The van der Waals surface area contributed by atoms with Crippen LogP contribution in [0.15, 0.2) is 47.4 Å². The second-order valence-electron chi connectivity index (χ2n) is 5.40. The van der Waals surface area contributed by atoms with E-state index in [-0.39, 0.29) is 5.78 Å². The van der Waals surface area contributed by atoms with Gasteiger partial charge in [-0.15, -0.1) is 11.8 Å². The van der Waals surface area contributed by atoms with E-state index < -0.39 is 0 Å². The van der Waals surface area contributed by atoms with Gasteiger partial charge in [-0.1, -0.05) is 43.7 Å². The van der Waals surface area contributed by atoms with Gasteiger partial charge in [0.25, 0.3) is 0 Å². The maximum atomic E-state index is 12.2. The number of hydrogen-bond acceptors (Lipinski definition) is 2. The first-order chi connectivity index (χ1) is 10.1. The van der Waals surface area contributed by atoms with E-state index in [0.717, 1.165) is 23.3 Å². The molecule has 0 aliphatic heterocycles. The summed E-state index contributed by atoms with van der Waals surface area (Å²) in [5.41, 5.74) is 4.68. The summed E-state index contributed by atoms with van der Waals surface area (Å²) in [5, 5.41) is 0. The van der Waals surface area contributed by atoms with E-state index in [4.69, 9.17) is 0 Å². The molecular weight excluding hydrogens is 276 g/mol. The number of Topliss-reactive ketones (excluding diaryl/α,β-unsaturated/α-hetero) is 1. The number of aryl methyl sites for hydroxylation is 3. The van der Waals surface area contributed by atoms with Crippen LogP contribution in [0.2, 0.25) is 0 Å². The Kier molecular flexibility index (Phi) is 5.63. The maximum absolute atomic E-state index is 12.2. The number of rotatable bonds is 6. The number of hydrogen-bond donors (Lipinski definition) is 0. The fourth-order valence-corrected chi connectivity index (χ4v) is 3.07. The standard InChI is InChI=1S/C19H22OS/c1-4-5-16-7-9-17(10-8-16)19(20)13-21-18-11-6-14(2)15(3)12-18/h6-12H,4-5,13H2,1-3H3. The summed E-state index contributed by atoms with van der Waals surface area (Å²) in [7, 11) is 0. The van der Waals surface area contributed by atoms with Gasteiger partial charge >= 0.3 is 0 Å². The highest BCUT2D eigenvalue weighted by Gasteiger charge is 2.07. The van der Waals surface area contributed by atoms with Crippen LogP contribution in [-0.4, -0.2) is 11.5 Å². The Morgan fingerprint density at radius 3 is 2.33 bits per heavy atom. The van der Waals surface area contributed by atoms with Crippen molar-refractivity contribution in [2.24, 2.45) is 0 Å². The fourth-order valence-electron chi connectivity index (χ4n) is 2.18. The molecule has 0 heterocycles. The van der Waals surface area contributed by atoms with E-state index >= 15 is 0 Å². The highest BCUT2D eigenvalue weighted by Crippen LogP contribution is 2.22. The number of benzene rings is 2. The molecule has 110 valence electrons. The lowest BCUT2D eigenvalue weighted by Crippen LogP contribution is -2.02. The summed E-state index contributed by atoms with van der Waals surface area (Å²) in [6.07, 6.45) is 2.21. The van der Waals surface area contributed by atoms with Crippen LogP contribution in [0.3, 0.4) is 0 Å². The second-order valence-corrected chi connectivity index (χ2v) is 6.45. The van der Waals surface area contributed by atoms with Crippen LogP contribution in [0.4, 0.5) is 0 Å². The third-order valence-electron chi connectivity index (χ3n) is 3.66. The molecule has 0 aromatic heterocycles. The summed E-state index contributed by atoms with van der Waals surface area (Å²) in [6.45, 7) is 6.37. The highest BCUT2D eigenvalue weighted by molar-refractivity contribution is 8.00. The summed E-state index contributed by atoms with van der Waals surface area (Å²) < 4.78 is 0. The lowest BCUT2D eigenvalue weighted by molar-refractivity contribution is 0.102. The van der Waals surface area contributed by atoms with Gasteiger partial charge in [-0.2, -0.15) is 0 Å². The Morgan fingerprint density at radius 1 is 1.00 bits per heavy atom. The molecule has 21 heavy (non-hydrogen) atoms. The SMILES string of the molecule is CCCc1ccc(C(=O)CSc2ccc(C)c(C)c2)cc1. The molecule has 0 spiro atoms. The van der Waals surface area contributed by atoms with E-state index in [0.29, 0.717) is 5.75 Å². The minimum atomic E-state index is 0.196. The van der Waals surface area contributed by atoms with Crippen LogP contribution in [0.1, 0.15) is 40.4 Å². The smallest absolute Gasteiger partial charge is 0.173 e. The molecule has 0 radical (unpaired) electrons. The van der Waals surface area contributed by atoms with Crippen LogP contribution >= 0.6 is 11.8 Å². The molecule has 0 bridgehead atoms. The van der Waals surface area contributed by atoms with Crippen LogP contribution in [0, 0.1) is 13.8 Å². The van der Waals surface area contributed by atoms with E-state index in [1.165, 1.54) is 16.7 Å². The number of carbonyl (C=O) groups is 1. The Morgan fingerprint density at radius 2 is 1.71 bits per heavy atom. The number of thioether (sulfide) groups is 1. The van der Waals surface area contributed by atoms with Gasteiger partial charge in [0.05, 0.1) is 5.75 Å². The van der Waals surface area contributed by atoms with Crippen molar-refractivity contribution in [2.75, 3.05) is 5.75 Å². The predicted octanol–water partition coefficient (Wildman–Crippen LogP) is 5.23. The van der Waals surface area contributed by atoms with Crippen LogP contribution in [0.5, 0.6) is 0 Å². The summed E-state index contributed by atoms with van der Waals surface area (Å²) in [4.78, 5) is 13.4. The molecule has 0 aliphatic carbocycles. The van der Waals surface area contributed by atoms with E-state index in [1.807, 2.05) is 12.1 Å². The molecular formula is C19H22OS. The summed E-state index contributed by atoms with van der Waals surface area (Å²) in [5.74, 6) is 0.691. The van der Waals surface area contributed by atoms with Crippen LogP contribution < -0.4 is 0 Å². The Labute approximate surface area is 131 Å². The monoisotopic (exact) mass is 298 g/mol. The molecule has 0 unspecified atom stereocenters. The van der Waals surface area contributed by atoms with Crippen molar-refractivity contribution >= 4 is 17.5 Å². The van der Waals surface area contributed by atoms with Gasteiger partial charge in [-0.05, 0) is 49.1 Å². The van der Waals surface area contributed by atoms with E-state index in [2.05, 4.69) is 51.1 Å². The topological polar surface area (TPSA) is 17.1 Å². The Hall–Kier alpha value is -1.54. The van der Waals surface area contributed by atoms with Gasteiger partial charge in [0.15, 0.2) is 5.78 Å². The molecule has 2 rings (SSSR count). The number of carbonyl (C=O) groups excluding carboxylic acids is 1. The molecule has 0 saturated heterocycles. The second kappa shape index (κ2) is 7.46. The fraction of sp³-hybridized carbons (Fsp3) is 0.316. The first-order valence-corrected chi connectivity index (χ1v) is 8.41. The van der Waals surface area contributed by atoms with E-state index in [9.17, 15) is 4.79 Å². The van der Waals surface area contributed by atoms with Gasteiger partial charge in [-0.25, -0.2) is 0 Å². The minimum absolute atomic E-state index is 0.196. The molecule has 0 atom stereocenters. The van der Waals surface area contributed by atoms with Crippen molar-refractivity contribution in [3.63, 3.8) is 0 Å². The van der Waals surface area contributed by atoms with Crippen molar-refractivity contribution in [1.29, 1.82) is 0 Å². The quantitative estimate of drug-likeness (QED) is 0.536. The minimum Gasteiger partial charge on any atom is -0.293 e. The number of ketones is 1. The first kappa shape index (κ1) is 15.8. The molecule has 2 aromatic rings. The van der Waals surface area contributed by atoms with Gasteiger partial charge < -0.3 is 0 Å². The average Bonchev–Trinajstić information content (AvgIpc) is 2.49. The van der Waals surface area contributed by atoms with Crippen LogP contribution in [0.25, 0.3) is 0 Å². The largest absolute Gasteiger partial charge is 0.293 e. The van der Waals surface area contributed by atoms with Gasteiger partial charge in [0.1, 0.15) is 0 Å². The van der Waals surface area contributed by atoms with Crippen molar-refractivity contribution < 1.29 is 4.79 Å². The zero-order valence-corrected chi connectivity index (χ0v) is 13.8. The lowest BCUT2D eigenvalue weighted by Gasteiger charge is -2.05. The molecule has 0 saturated carbocycles. The van der Waals surface area contributed by atoms with Crippen molar-refractivity contribution in [2.45, 2.75) is 38.5 Å². The normalized spacial score (nSPS) is 10.6. The van der Waals surface area contributed by atoms with Crippen molar-refractivity contribution in [3.05, 3.63) is 64.7 Å². The average molecular weight is 298 g/mol. The maximum Gasteiger partial charge on any atom is 0.173 e. The molecule has 0 N–H and O–H groups in total. The molecule has 0 amide bonds. The molecule has 1 nitrogen and oxygen atoms in total. The Bertz CT molecular complexity index is 614. The first-order valence-electron chi connectivity index (χ1n) is 7.42.